The van der Waals surface area contributed by atoms with E-state index in [1.807, 2.05) is 23.0 Å². The van der Waals surface area contributed by atoms with Crippen molar-refractivity contribution in [3.8, 4) is 0 Å². The number of nitrogens with zero attached hydrogens (tertiary/aromatic N) is 3. The number of hydrogen-bond acceptors (Lipinski definition) is 3. The first kappa shape index (κ1) is 10.2. The molecule has 0 unspecified atom stereocenters. The van der Waals surface area contributed by atoms with Gasteiger partial charge in [0.1, 0.15) is 4.60 Å². The quantitative estimate of drug-likeness (QED) is 0.807. The lowest BCUT2D eigenvalue weighted by Gasteiger charge is -2.22. The number of rotatable bonds is 1. The zero-order chi connectivity index (χ0) is 11.0. The molecule has 0 aromatic carbocycles. The fraction of sp³-hybridized carbons (Fsp3) is 0.455. The number of pyridine rings is 1. The SMILES string of the molecule is Brc1nn(C2CCOCC2)c2ncccc12. The molecule has 4 nitrogen and oxygen atoms in total. The summed E-state index contributed by atoms with van der Waals surface area (Å²) in [5.74, 6) is 0. The number of halogens is 1. The van der Waals surface area contributed by atoms with Gasteiger partial charge < -0.3 is 4.74 Å². The molecule has 16 heavy (non-hydrogen) atoms. The van der Waals surface area contributed by atoms with Crippen LogP contribution in [0.5, 0.6) is 0 Å². The van der Waals surface area contributed by atoms with Crippen LogP contribution in [0.1, 0.15) is 18.9 Å². The van der Waals surface area contributed by atoms with Crippen molar-refractivity contribution in [1.29, 1.82) is 0 Å². The smallest absolute Gasteiger partial charge is 0.159 e. The van der Waals surface area contributed by atoms with Crippen molar-refractivity contribution in [3.05, 3.63) is 22.9 Å². The summed E-state index contributed by atoms with van der Waals surface area (Å²) >= 11 is 3.48. The Kier molecular flexibility index (Phi) is 2.65. The van der Waals surface area contributed by atoms with Crippen LogP contribution in [0.15, 0.2) is 22.9 Å². The first-order valence-electron chi connectivity index (χ1n) is 5.43. The summed E-state index contributed by atoms with van der Waals surface area (Å²) in [5, 5.41) is 5.61. The van der Waals surface area contributed by atoms with Crippen LogP contribution < -0.4 is 0 Å². The highest BCUT2D eigenvalue weighted by atomic mass is 79.9. The van der Waals surface area contributed by atoms with Gasteiger partial charge in [0, 0.05) is 19.4 Å². The van der Waals surface area contributed by atoms with E-state index in [4.69, 9.17) is 4.74 Å². The minimum atomic E-state index is 0.414. The standard InChI is InChI=1S/C11H12BrN3O/c12-10-9-2-1-5-13-11(9)15(14-10)8-3-6-16-7-4-8/h1-2,5,8H,3-4,6-7H2. The Balaban J connectivity index is 2.08. The average Bonchev–Trinajstić information content (AvgIpc) is 2.69. The van der Waals surface area contributed by atoms with Gasteiger partial charge in [0.2, 0.25) is 0 Å². The van der Waals surface area contributed by atoms with E-state index >= 15 is 0 Å². The van der Waals surface area contributed by atoms with E-state index in [1.54, 1.807) is 0 Å². The molecule has 1 aliphatic rings. The van der Waals surface area contributed by atoms with Crippen LogP contribution in [-0.4, -0.2) is 28.0 Å². The van der Waals surface area contributed by atoms with Gasteiger partial charge in [0.05, 0.1) is 11.4 Å². The van der Waals surface area contributed by atoms with Crippen molar-refractivity contribution in [3.63, 3.8) is 0 Å². The molecule has 1 aliphatic heterocycles. The molecule has 0 aliphatic carbocycles. The normalized spacial score (nSPS) is 18.1. The Hall–Kier alpha value is -0.940. The molecule has 3 heterocycles. The Bertz CT molecular complexity index is 505. The Morgan fingerprint density at radius 2 is 2.19 bits per heavy atom. The van der Waals surface area contributed by atoms with E-state index in [-0.39, 0.29) is 0 Å². The summed E-state index contributed by atoms with van der Waals surface area (Å²) in [6, 6.07) is 4.38. The highest BCUT2D eigenvalue weighted by molar-refractivity contribution is 9.10. The summed E-state index contributed by atoms with van der Waals surface area (Å²) in [4.78, 5) is 4.41. The summed E-state index contributed by atoms with van der Waals surface area (Å²) < 4.78 is 8.27. The molecule has 0 atom stereocenters. The van der Waals surface area contributed by atoms with E-state index < -0.39 is 0 Å². The third kappa shape index (κ3) is 1.64. The van der Waals surface area contributed by atoms with Gasteiger partial charge >= 0.3 is 0 Å². The molecule has 84 valence electrons. The first-order chi connectivity index (χ1) is 7.86. The van der Waals surface area contributed by atoms with Crippen molar-refractivity contribution >= 4 is 27.0 Å². The van der Waals surface area contributed by atoms with Crippen molar-refractivity contribution in [2.75, 3.05) is 13.2 Å². The summed E-state index contributed by atoms with van der Waals surface area (Å²) in [7, 11) is 0. The first-order valence-corrected chi connectivity index (χ1v) is 6.22. The van der Waals surface area contributed by atoms with Crippen molar-refractivity contribution < 1.29 is 4.74 Å². The fourth-order valence-corrected chi connectivity index (χ4v) is 2.60. The summed E-state index contributed by atoms with van der Waals surface area (Å²) in [6.45, 7) is 1.63. The molecule has 2 aromatic heterocycles. The van der Waals surface area contributed by atoms with E-state index in [1.165, 1.54) is 0 Å². The molecule has 0 amide bonds. The van der Waals surface area contributed by atoms with E-state index in [0.717, 1.165) is 41.7 Å². The number of aromatic nitrogens is 3. The Labute approximate surface area is 102 Å². The predicted molar refractivity (Wildman–Crippen MR) is 64.3 cm³/mol. The highest BCUT2D eigenvalue weighted by Crippen LogP contribution is 2.28. The molecule has 2 aromatic rings. The zero-order valence-electron chi connectivity index (χ0n) is 8.77. The molecule has 0 saturated carbocycles. The van der Waals surface area contributed by atoms with Crippen LogP contribution in [-0.2, 0) is 4.74 Å². The van der Waals surface area contributed by atoms with Gasteiger partial charge in [0.25, 0.3) is 0 Å². The fourth-order valence-electron chi connectivity index (χ4n) is 2.12. The van der Waals surface area contributed by atoms with Gasteiger partial charge in [-0.25, -0.2) is 9.67 Å². The van der Waals surface area contributed by atoms with Crippen LogP contribution in [0.4, 0.5) is 0 Å². The van der Waals surface area contributed by atoms with Crippen molar-refractivity contribution in [1.82, 2.24) is 14.8 Å². The third-order valence-corrected chi connectivity index (χ3v) is 3.54. The second-order valence-corrected chi connectivity index (χ2v) is 4.70. The number of hydrogen-bond donors (Lipinski definition) is 0. The maximum atomic E-state index is 5.37. The van der Waals surface area contributed by atoms with Gasteiger partial charge in [-0.15, -0.1) is 0 Å². The molecule has 0 radical (unpaired) electrons. The molecule has 0 N–H and O–H groups in total. The maximum Gasteiger partial charge on any atom is 0.159 e. The lowest BCUT2D eigenvalue weighted by atomic mass is 10.1. The maximum absolute atomic E-state index is 5.37. The molecule has 3 rings (SSSR count). The van der Waals surface area contributed by atoms with Crippen molar-refractivity contribution in [2.45, 2.75) is 18.9 Å². The molecule has 0 bridgehead atoms. The lowest BCUT2D eigenvalue weighted by Crippen LogP contribution is -2.20. The molecule has 0 spiro atoms. The minimum Gasteiger partial charge on any atom is -0.381 e. The minimum absolute atomic E-state index is 0.414. The average molecular weight is 282 g/mol. The molecule has 1 fully saturated rings. The molecule has 1 saturated heterocycles. The van der Waals surface area contributed by atoms with Gasteiger partial charge in [-0.05, 0) is 40.9 Å². The predicted octanol–water partition coefficient (Wildman–Crippen LogP) is 2.55. The summed E-state index contributed by atoms with van der Waals surface area (Å²) in [5.41, 5.74) is 0.960. The third-order valence-electron chi connectivity index (χ3n) is 2.96. The number of fused-ring (bicyclic) bond motifs is 1. The van der Waals surface area contributed by atoms with E-state index in [2.05, 4.69) is 26.0 Å². The number of ether oxygens (including phenoxy) is 1. The highest BCUT2D eigenvalue weighted by Gasteiger charge is 2.20. The molecule has 5 heteroatoms. The van der Waals surface area contributed by atoms with Crippen LogP contribution in [0.2, 0.25) is 0 Å². The van der Waals surface area contributed by atoms with E-state index in [0.29, 0.717) is 6.04 Å². The van der Waals surface area contributed by atoms with Gasteiger partial charge in [0.15, 0.2) is 5.65 Å². The molecular weight excluding hydrogens is 270 g/mol. The van der Waals surface area contributed by atoms with Crippen LogP contribution >= 0.6 is 15.9 Å². The van der Waals surface area contributed by atoms with Gasteiger partial charge in [-0.3, -0.25) is 0 Å². The second kappa shape index (κ2) is 4.14. The van der Waals surface area contributed by atoms with E-state index in [9.17, 15) is 0 Å². The Morgan fingerprint density at radius 3 is 3.00 bits per heavy atom. The van der Waals surface area contributed by atoms with Crippen LogP contribution in [0.3, 0.4) is 0 Å². The largest absolute Gasteiger partial charge is 0.381 e. The Morgan fingerprint density at radius 1 is 1.38 bits per heavy atom. The topological polar surface area (TPSA) is 39.9 Å². The summed E-state index contributed by atoms with van der Waals surface area (Å²) in [6.07, 6.45) is 3.84. The van der Waals surface area contributed by atoms with Crippen LogP contribution in [0.25, 0.3) is 11.0 Å². The molecular formula is C11H12BrN3O. The van der Waals surface area contributed by atoms with Crippen LogP contribution in [0, 0.1) is 0 Å². The van der Waals surface area contributed by atoms with Gasteiger partial charge in [-0.2, -0.15) is 5.10 Å². The monoisotopic (exact) mass is 281 g/mol. The lowest BCUT2D eigenvalue weighted by molar-refractivity contribution is 0.0672. The van der Waals surface area contributed by atoms with Gasteiger partial charge in [-0.1, -0.05) is 0 Å². The van der Waals surface area contributed by atoms with Crippen molar-refractivity contribution in [2.24, 2.45) is 0 Å². The second-order valence-electron chi connectivity index (χ2n) is 3.95. The zero-order valence-corrected chi connectivity index (χ0v) is 10.4.